The topological polar surface area (TPSA) is 42.4 Å². The first-order chi connectivity index (χ1) is 9.74. The molecule has 2 aromatic carbocycles. The number of fused-ring (bicyclic) bond motifs is 1. The van der Waals surface area contributed by atoms with Gasteiger partial charge in [-0.25, -0.2) is 4.98 Å². The number of aryl methyl sites for hydroxylation is 1. The maximum absolute atomic E-state index is 8.89. The third-order valence-electron chi connectivity index (χ3n) is 3.05. The summed E-state index contributed by atoms with van der Waals surface area (Å²) in [5.41, 5.74) is 3.29. The van der Waals surface area contributed by atoms with Gasteiger partial charge in [-0.2, -0.15) is 0 Å². The van der Waals surface area contributed by atoms with Crippen molar-refractivity contribution >= 4 is 21.6 Å². The fraction of sp³-hybridized carbons (Fsp3) is 0.188. The van der Waals surface area contributed by atoms with Gasteiger partial charge in [0.2, 0.25) is 0 Å². The van der Waals surface area contributed by atoms with E-state index in [1.54, 1.807) is 11.3 Å². The van der Waals surface area contributed by atoms with E-state index in [4.69, 9.17) is 9.84 Å². The molecule has 0 atom stereocenters. The molecule has 0 radical (unpaired) electrons. The standard InChI is InChI=1S/C16H15NO2S/c1-11-2-7-14-15(10-11)20-16(17-14)19-13-5-3-12(4-6-13)8-9-18/h2-7,10,18H,8-9H2,1H3. The van der Waals surface area contributed by atoms with Gasteiger partial charge in [-0.15, -0.1) is 0 Å². The third-order valence-corrected chi connectivity index (χ3v) is 3.95. The number of aliphatic hydroxyl groups is 1. The van der Waals surface area contributed by atoms with Crippen molar-refractivity contribution in [3.63, 3.8) is 0 Å². The van der Waals surface area contributed by atoms with Crippen LogP contribution in [0.15, 0.2) is 42.5 Å². The summed E-state index contributed by atoms with van der Waals surface area (Å²) in [5.74, 6) is 0.766. The van der Waals surface area contributed by atoms with Gasteiger partial charge in [0.25, 0.3) is 5.19 Å². The Labute approximate surface area is 121 Å². The number of hydrogen-bond donors (Lipinski definition) is 1. The van der Waals surface area contributed by atoms with E-state index in [2.05, 4.69) is 24.0 Å². The fourth-order valence-corrected chi connectivity index (χ4v) is 2.94. The Hall–Kier alpha value is -1.91. The summed E-state index contributed by atoms with van der Waals surface area (Å²) < 4.78 is 6.92. The number of ether oxygens (including phenoxy) is 1. The van der Waals surface area contributed by atoms with Gasteiger partial charge >= 0.3 is 0 Å². The van der Waals surface area contributed by atoms with Crippen LogP contribution < -0.4 is 4.74 Å². The minimum absolute atomic E-state index is 0.164. The predicted molar refractivity (Wildman–Crippen MR) is 81.7 cm³/mol. The molecule has 3 rings (SSSR count). The van der Waals surface area contributed by atoms with Crippen LogP contribution in [0.2, 0.25) is 0 Å². The second-order valence-electron chi connectivity index (χ2n) is 4.67. The first-order valence-electron chi connectivity index (χ1n) is 6.49. The summed E-state index contributed by atoms with van der Waals surface area (Å²) in [6.45, 7) is 2.23. The van der Waals surface area contributed by atoms with Gasteiger partial charge in [0.1, 0.15) is 5.75 Å². The SMILES string of the molecule is Cc1ccc2nc(Oc3ccc(CCO)cc3)sc2c1. The molecular weight excluding hydrogens is 270 g/mol. The highest BCUT2D eigenvalue weighted by molar-refractivity contribution is 7.20. The van der Waals surface area contributed by atoms with Crippen LogP contribution in [0.3, 0.4) is 0 Å². The minimum Gasteiger partial charge on any atom is -0.431 e. The lowest BCUT2D eigenvalue weighted by atomic mass is 10.1. The Kier molecular flexibility index (Phi) is 3.67. The maximum atomic E-state index is 8.89. The molecule has 1 N–H and O–H groups in total. The van der Waals surface area contributed by atoms with Crippen LogP contribution in [0.4, 0.5) is 0 Å². The molecule has 0 aliphatic heterocycles. The van der Waals surface area contributed by atoms with E-state index in [0.29, 0.717) is 11.6 Å². The van der Waals surface area contributed by atoms with Crippen LogP contribution in [0.25, 0.3) is 10.2 Å². The predicted octanol–water partition coefficient (Wildman–Crippen LogP) is 3.93. The lowest BCUT2D eigenvalue weighted by Crippen LogP contribution is -1.90. The van der Waals surface area contributed by atoms with Crippen LogP contribution in [0, 0.1) is 6.92 Å². The third kappa shape index (κ3) is 2.81. The van der Waals surface area contributed by atoms with E-state index in [-0.39, 0.29) is 6.61 Å². The molecule has 1 heterocycles. The van der Waals surface area contributed by atoms with Gasteiger partial charge in [0.05, 0.1) is 10.2 Å². The number of aliphatic hydroxyl groups excluding tert-OH is 1. The zero-order valence-corrected chi connectivity index (χ0v) is 12.0. The zero-order chi connectivity index (χ0) is 13.9. The molecule has 0 unspecified atom stereocenters. The van der Waals surface area contributed by atoms with E-state index in [1.807, 2.05) is 30.3 Å². The molecular formula is C16H15NO2S. The molecule has 3 aromatic rings. The summed E-state index contributed by atoms with van der Waals surface area (Å²) in [4.78, 5) is 4.46. The van der Waals surface area contributed by atoms with E-state index in [1.165, 1.54) is 5.56 Å². The van der Waals surface area contributed by atoms with Crippen molar-refractivity contribution in [3.8, 4) is 10.9 Å². The minimum atomic E-state index is 0.164. The number of benzene rings is 2. The smallest absolute Gasteiger partial charge is 0.279 e. The van der Waals surface area contributed by atoms with E-state index in [0.717, 1.165) is 21.5 Å². The molecule has 1 aromatic heterocycles. The van der Waals surface area contributed by atoms with Crippen molar-refractivity contribution in [3.05, 3.63) is 53.6 Å². The lowest BCUT2D eigenvalue weighted by molar-refractivity contribution is 0.299. The number of nitrogens with zero attached hydrogens (tertiary/aromatic N) is 1. The largest absolute Gasteiger partial charge is 0.431 e. The van der Waals surface area contributed by atoms with Gasteiger partial charge in [0.15, 0.2) is 0 Å². The number of thiazole rings is 1. The lowest BCUT2D eigenvalue weighted by Gasteiger charge is -2.02. The first kappa shape index (κ1) is 13.1. The van der Waals surface area contributed by atoms with Crippen LogP contribution in [-0.2, 0) is 6.42 Å². The molecule has 0 saturated heterocycles. The van der Waals surface area contributed by atoms with E-state index in [9.17, 15) is 0 Å². The fourth-order valence-electron chi connectivity index (χ4n) is 2.01. The average molecular weight is 285 g/mol. The highest BCUT2D eigenvalue weighted by atomic mass is 32.1. The van der Waals surface area contributed by atoms with Crippen molar-refractivity contribution in [1.82, 2.24) is 4.98 Å². The molecule has 0 saturated carbocycles. The van der Waals surface area contributed by atoms with Gasteiger partial charge in [0, 0.05) is 6.61 Å². The summed E-state index contributed by atoms with van der Waals surface area (Å²) >= 11 is 1.55. The van der Waals surface area contributed by atoms with Gasteiger partial charge < -0.3 is 9.84 Å². The quantitative estimate of drug-likeness (QED) is 0.789. The van der Waals surface area contributed by atoms with Crippen LogP contribution in [0.5, 0.6) is 10.9 Å². The highest BCUT2D eigenvalue weighted by Gasteiger charge is 2.06. The Bertz CT molecular complexity index is 719. The zero-order valence-electron chi connectivity index (χ0n) is 11.2. The molecule has 102 valence electrons. The number of aromatic nitrogens is 1. The molecule has 20 heavy (non-hydrogen) atoms. The maximum Gasteiger partial charge on any atom is 0.279 e. The van der Waals surface area contributed by atoms with Crippen LogP contribution in [-0.4, -0.2) is 16.7 Å². The highest BCUT2D eigenvalue weighted by Crippen LogP contribution is 2.31. The normalized spacial score (nSPS) is 10.9. The van der Waals surface area contributed by atoms with Gasteiger partial charge in [-0.1, -0.05) is 29.5 Å². The van der Waals surface area contributed by atoms with E-state index >= 15 is 0 Å². The average Bonchev–Trinajstić information content (AvgIpc) is 2.82. The molecule has 0 spiro atoms. The Morgan fingerprint density at radius 3 is 2.70 bits per heavy atom. The molecule has 0 aliphatic rings. The van der Waals surface area contributed by atoms with Crippen LogP contribution in [0.1, 0.15) is 11.1 Å². The molecule has 0 aliphatic carbocycles. The second-order valence-corrected chi connectivity index (χ2v) is 5.66. The van der Waals surface area contributed by atoms with Gasteiger partial charge in [-0.05, 0) is 48.7 Å². The van der Waals surface area contributed by atoms with Crippen molar-refractivity contribution < 1.29 is 9.84 Å². The summed E-state index contributed by atoms with van der Waals surface area (Å²) in [6, 6.07) is 13.9. The monoisotopic (exact) mass is 285 g/mol. The number of hydrogen-bond acceptors (Lipinski definition) is 4. The number of rotatable bonds is 4. The summed E-state index contributed by atoms with van der Waals surface area (Å²) in [6.07, 6.45) is 0.667. The first-order valence-corrected chi connectivity index (χ1v) is 7.31. The van der Waals surface area contributed by atoms with Crippen molar-refractivity contribution in [2.45, 2.75) is 13.3 Å². The van der Waals surface area contributed by atoms with Crippen molar-refractivity contribution in [2.75, 3.05) is 6.61 Å². The molecule has 0 fully saturated rings. The summed E-state index contributed by atoms with van der Waals surface area (Å²) in [7, 11) is 0. The molecule has 4 heteroatoms. The van der Waals surface area contributed by atoms with Crippen LogP contribution >= 0.6 is 11.3 Å². The van der Waals surface area contributed by atoms with Gasteiger partial charge in [-0.3, -0.25) is 0 Å². The Morgan fingerprint density at radius 1 is 1.15 bits per heavy atom. The summed E-state index contributed by atoms with van der Waals surface area (Å²) in [5, 5.41) is 9.54. The molecule has 3 nitrogen and oxygen atoms in total. The Balaban J connectivity index is 1.81. The Morgan fingerprint density at radius 2 is 1.95 bits per heavy atom. The van der Waals surface area contributed by atoms with Crippen molar-refractivity contribution in [1.29, 1.82) is 0 Å². The van der Waals surface area contributed by atoms with E-state index < -0.39 is 0 Å². The van der Waals surface area contributed by atoms with Crippen molar-refractivity contribution in [2.24, 2.45) is 0 Å². The molecule has 0 bridgehead atoms. The second kappa shape index (κ2) is 5.61. The molecule has 0 amide bonds.